The normalized spacial score (nSPS) is 20.3. The maximum Gasteiger partial charge on any atom is 0.307 e. The highest BCUT2D eigenvalue weighted by atomic mass is 16.5. The summed E-state index contributed by atoms with van der Waals surface area (Å²) < 4.78 is 5.76. The van der Waals surface area contributed by atoms with E-state index in [-0.39, 0.29) is 17.2 Å². The molecule has 1 spiro atoms. The molecule has 0 bridgehead atoms. The molecule has 5 heteroatoms. The smallest absolute Gasteiger partial charge is 0.307 e. The molecule has 27 heavy (non-hydrogen) atoms. The number of benzene rings is 2. The van der Waals surface area contributed by atoms with Crippen molar-refractivity contribution in [2.24, 2.45) is 11.3 Å². The lowest BCUT2D eigenvalue weighted by Crippen LogP contribution is -2.39. The second-order valence-electron chi connectivity index (χ2n) is 7.55. The highest BCUT2D eigenvalue weighted by Gasteiger charge is 2.59. The number of nitrogens with zero attached hydrogens (tertiary/aromatic N) is 1. The van der Waals surface area contributed by atoms with Gasteiger partial charge in [-0.1, -0.05) is 30.3 Å². The van der Waals surface area contributed by atoms with Crippen molar-refractivity contribution in [3.63, 3.8) is 0 Å². The van der Waals surface area contributed by atoms with Gasteiger partial charge < -0.3 is 14.7 Å². The minimum Gasteiger partial charge on any atom is -0.489 e. The van der Waals surface area contributed by atoms with E-state index in [9.17, 15) is 14.7 Å². The van der Waals surface area contributed by atoms with Crippen molar-refractivity contribution >= 4 is 11.9 Å². The van der Waals surface area contributed by atoms with E-state index in [0.717, 1.165) is 30.6 Å². The number of carboxylic acids is 1. The molecule has 1 heterocycles. The number of rotatable bonds is 5. The third-order valence-corrected chi connectivity index (χ3v) is 5.88. The third-order valence-electron chi connectivity index (χ3n) is 5.88. The largest absolute Gasteiger partial charge is 0.489 e. The summed E-state index contributed by atoms with van der Waals surface area (Å²) in [6.45, 7) is 1.76. The molecule has 2 aromatic rings. The van der Waals surface area contributed by atoms with E-state index >= 15 is 0 Å². The number of carbonyl (C=O) groups is 2. The molecule has 2 aliphatic rings. The minimum absolute atomic E-state index is 0.00647. The zero-order valence-corrected chi connectivity index (χ0v) is 15.1. The summed E-state index contributed by atoms with van der Waals surface area (Å²) in [5.74, 6) is -0.168. The number of hydrogen-bond acceptors (Lipinski definition) is 3. The van der Waals surface area contributed by atoms with Gasteiger partial charge in [-0.05, 0) is 54.5 Å². The summed E-state index contributed by atoms with van der Waals surface area (Å²) in [6.07, 6.45) is 2.33. The first-order chi connectivity index (χ1) is 13.1. The molecule has 1 atom stereocenters. The Hall–Kier alpha value is -2.82. The molecule has 1 N–H and O–H groups in total. The number of ether oxygens (including phenoxy) is 1. The predicted molar refractivity (Wildman–Crippen MR) is 101 cm³/mol. The molecule has 1 amide bonds. The second-order valence-corrected chi connectivity index (χ2v) is 7.55. The van der Waals surface area contributed by atoms with E-state index in [4.69, 9.17) is 4.74 Å². The Labute approximate surface area is 158 Å². The van der Waals surface area contributed by atoms with Gasteiger partial charge in [0, 0.05) is 18.7 Å². The Bertz CT molecular complexity index is 823. The number of amides is 1. The Balaban J connectivity index is 1.31. The Morgan fingerprint density at radius 2 is 1.70 bits per heavy atom. The highest BCUT2D eigenvalue weighted by molar-refractivity contribution is 5.94. The SMILES string of the molecule is O=C(O)C1CC12CCN(C(=O)c1ccc(OCc3ccccc3)cc1)CC2. The maximum atomic E-state index is 12.7. The first kappa shape index (κ1) is 17.6. The lowest BCUT2D eigenvalue weighted by Gasteiger charge is -2.32. The van der Waals surface area contributed by atoms with E-state index in [1.165, 1.54) is 0 Å². The first-order valence-electron chi connectivity index (χ1n) is 9.36. The summed E-state index contributed by atoms with van der Waals surface area (Å²) in [4.78, 5) is 25.7. The Morgan fingerprint density at radius 3 is 2.30 bits per heavy atom. The number of carbonyl (C=O) groups excluding carboxylic acids is 1. The van der Waals surface area contributed by atoms with Crippen LogP contribution in [0.3, 0.4) is 0 Å². The van der Waals surface area contributed by atoms with Crippen molar-refractivity contribution in [2.45, 2.75) is 25.9 Å². The summed E-state index contributed by atoms with van der Waals surface area (Å²) in [5, 5.41) is 9.17. The van der Waals surface area contributed by atoms with Crippen LogP contribution in [0, 0.1) is 11.3 Å². The first-order valence-corrected chi connectivity index (χ1v) is 9.36. The van der Waals surface area contributed by atoms with Gasteiger partial charge in [0.05, 0.1) is 5.92 Å². The zero-order valence-electron chi connectivity index (χ0n) is 15.1. The van der Waals surface area contributed by atoms with Gasteiger partial charge in [0.1, 0.15) is 12.4 Å². The molecule has 1 aliphatic heterocycles. The van der Waals surface area contributed by atoms with Gasteiger partial charge in [-0.15, -0.1) is 0 Å². The molecular formula is C22H23NO4. The van der Waals surface area contributed by atoms with Crippen molar-refractivity contribution in [3.8, 4) is 5.75 Å². The standard InChI is InChI=1S/C22H23NO4/c24-20(23-12-10-22(11-13-23)14-19(22)21(25)26)17-6-8-18(9-7-17)27-15-16-4-2-1-3-5-16/h1-9,19H,10-15H2,(H,25,26). The monoisotopic (exact) mass is 365 g/mol. The molecule has 1 aliphatic carbocycles. The average Bonchev–Trinajstić information content (AvgIpc) is 3.41. The van der Waals surface area contributed by atoms with Crippen LogP contribution in [-0.4, -0.2) is 35.0 Å². The van der Waals surface area contributed by atoms with Gasteiger partial charge in [0.2, 0.25) is 0 Å². The van der Waals surface area contributed by atoms with E-state index in [1.807, 2.05) is 47.4 Å². The fourth-order valence-electron chi connectivity index (χ4n) is 4.02. The minimum atomic E-state index is -0.694. The van der Waals surface area contributed by atoms with Crippen molar-refractivity contribution in [3.05, 3.63) is 65.7 Å². The van der Waals surface area contributed by atoms with E-state index in [2.05, 4.69) is 0 Å². The van der Waals surface area contributed by atoms with Crippen LogP contribution in [0.5, 0.6) is 5.75 Å². The molecule has 2 fully saturated rings. The second kappa shape index (κ2) is 7.06. The number of hydrogen-bond donors (Lipinski definition) is 1. The third kappa shape index (κ3) is 3.68. The molecular weight excluding hydrogens is 342 g/mol. The molecule has 2 aromatic carbocycles. The molecule has 0 aromatic heterocycles. The number of likely N-dealkylation sites (tertiary alicyclic amines) is 1. The van der Waals surface area contributed by atoms with Crippen LogP contribution < -0.4 is 4.74 Å². The van der Waals surface area contributed by atoms with Gasteiger partial charge in [0.15, 0.2) is 0 Å². The molecule has 1 saturated heterocycles. The van der Waals surface area contributed by atoms with Gasteiger partial charge in [-0.3, -0.25) is 9.59 Å². The molecule has 5 nitrogen and oxygen atoms in total. The van der Waals surface area contributed by atoms with Crippen LogP contribution in [0.1, 0.15) is 35.2 Å². The lowest BCUT2D eigenvalue weighted by molar-refractivity contribution is -0.139. The maximum absolute atomic E-state index is 12.7. The molecule has 0 radical (unpaired) electrons. The predicted octanol–water partition coefficient (Wildman–Crippen LogP) is 3.59. The van der Waals surface area contributed by atoms with Crippen molar-refractivity contribution < 1.29 is 19.4 Å². The number of carboxylic acid groups (broad SMARTS) is 1. The molecule has 1 unspecified atom stereocenters. The van der Waals surface area contributed by atoms with E-state index in [0.29, 0.717) is 25.3 Å². The van der Waals surface area contributed by atoms with Gasteiger partial charge in [-0.25, -0.2) is 0 Å². The quantitative estimate of drug-likeness (QED) is 0.879. The molecule has 140 valence electrons. The van der Waals surface area contributed by atoms with Crippen LogP contribution in [-0.2, 0) is 11.4 Å². The van der Waals surface area contributed by atoms with E-state index in [1.54, 1.807) is 12.1 Å². The van der Waals surface area contributed by atoms with Crippen LogP contribution in [0.4, 0.5) is 0 Å². The number of piperidine rings is 1. The average molecular weight is 365 g/mol. The van der Waals surface area contributed by atoms with Crippen LogP contribution in [0.15, 0.2) is 54.6 Å². The fourth-order valence-corrected chi connectivity index (χ4v) is 4.02. The van der Waals surface area contributed by atoms with Crippen molar-refractivity contribution in [2.75, 3.05) is 13.1 Å². The summed E-state index contributed by atoms with van der Waals surface area (Å²) in [5.41, 5.74) is 1.68. The van der Waals surface area contributed by atoms with Crippen LogP contribution in [0.25, 0.3) is 0 Å². The topological polar surface area (TPSA) is 66.8 Å². The van der Waals surface area contributed by atoms with E-state index < -0.39 is 5.97 Å². The Morgan fingerprint density at radius 1 is 1.04 bits per heavy atom. The zero-order chi connectivity index (χ0) is 18.9. The summed E-state index contributed by atoms with van der Waals surface area (Å²) in [6, 6.07) is 17.2. The van der Waals surface area contributed by atoms with Gasteiger partial charge in [0.25, 0.3) is 5.91 Å². The lowest BCUT2D eigenvalue weighted by atomic mass is 9.90. The summed E-state index contributed by atoms with van der Waals surface area (Å²) in [7, 11) is 0. The van der Waals surface area contributed by atoms with Gasteiger partial charge in [-0.2, -0.15) is 0 Å². The van der Waals surface area contributed by atoms with Crippen molar-refractivity contribution in [1.82, 2.24) is 4.90 Å². The van der Waals surface area contributed by atoms with Crippen LogP contribution >= 0.6 is 0 Å². The highest BCUT2D eigenvalue weighted by Crippen LogP contribution is 2.59. The Kier molecular flexibility index (Phi) is 4.60. The fraction of sp³-hybridized carbons (Fsp3) is 0.364. The van der Waals surface area contributed by atoms with Crippen LogP contribution in [0.2, 0.25) is 0 Å². The number of aliphatic carboxylic acids is 1. The molecule has 4 rings (SSSR count). The van der Waals surface area contributed by atoms with Gasteiger partial charge >= 0.3 is 5.97 Å². The molecule has 1 saturated carbocycles. The summed E-state index contributed by atoms with van der Waals surface area (Å²) >= 11 is 0. The van der Waals surface area contributed by atoms with Crippen molar-refractivity contribution in [1.29, 1.82) is 0 Å².